The summed E-state index contributed by atoms with van der Waals surface area (Å²) in [5.74, 6) is 0.731. The van der Waals surface area contributed by atoms with E-state index in [1.807, 2.05) is 25.1 Å². The monoisotopic (exact) mass is 251 g/mol. The minimum atomic E-state index is -0.861. The zero-order chi connectivity index (χ0) is 13.1. The second-order valence-corrected chi connectivity index (χ2v) is 4.63. The van der Waals surface area contributed by atoms with Gasteiger partial charge in [-0.3, -0.25) is 4.79 Å². The summed E-state index contributed by atoms with van der Waals surface area (Å²) < 4.78 is 10.5. The molecule has 98 valence electrons. The van der Waals surface area contributed by atoms with Crippen LogP contribution in [0.15, 0.2) is 18.2 Å². The molecular formula is C13H17NO4. The second-order valence-electron chi connectivity index (χ2n) is 4.63. The lowest BCUT2D eigenvalue weighted by Crippen LogP contribution is -2.32. The first-order valence-electron chi connectivity index (χ1n) is 5.92. The maximum atomic E-state index is 10.6. The normalized spacial score (nSPS) is 16.3. The fraction of sp³-hybridized carbons (Fsp3) is 0.462. The molecule has 1 aliphatic rings. The molecule has 0 fully saturated rings. The number of carboxylic acids is 1. The van der Waals surface area contributed by atoms with E-state index in [1.165, 1.54) is 0 Å². The topological polar surface area (TPSA) is 81.8 Å². The lowest BCUT2D eigenvalue weighted by atomic mass is 9.92. The van der Waals surface area contributed by atoms with Crippen LogP contribution in [0.3, 0.4) is 0 Å². The van der Waals surface area contributed by atoms with E-state index in [-0.39, 0.29) is 25.2 Å². The van der Waals surface area contributed by atoms with Gasteiger partial charge in [0, 0.05) is 6.04 Å². The van der Waals surface area contributed by atoms with Crippen LogP contribution in [0.2, 0.25) is 0 Å². The molecule has 3 N–H and O–H groups in total. The maximum Gasteiger partial charge on any atom is 0.304 e. The number of carbonyl (C=O) groups is 1. The highest BCUT2D eigenvalue weighted by molar-refractivity contribution is 5.67. The maximum absolute atomic E-state index is 10.6. The van der Waals surface area contributed by atoms with E-state index in [1.54, 1.807) is 0 Å². The molecule has 2 atom stereocenters. The number of ether oxygens (including phenoxy) is 2. The Morgan fingerprint density at radius 1 is 1.44 bits per heavy atom. The van der Waals surface area contributed by atoms with Gasteiger partial charge in [0.25, 0.3) is 0 Å². The van der Waals surface area contributed by atoms with Crippen LogP contribution in [0.1, 0.15) is 18.9 Å². The minimum absolute atomic E-state index is 0.00822. The van der Waals surface area contributed by atoms with Crippen molar-refractivity contribution in [2.75, 3.05) is 6.79 Å². The van der Waals surface area contributed by atoms with Crippen LogP contribution in [0.5, 0.6) is 11.5 Å². The number of fused-ring (bicyclic) bond motifs is 1. The van der Waals surface area contributed by atoms with Crippen molar-refractivity contribution in [1.29, 1.82) is 0 Å². The summed E-state index contributed by atoms with van der Waals surface area (Å²) in [6, 6.07) is 5.41. The van der Waals surface area contributed by atoms with Crippen molar-refractivity contribution in [2.24, 2.45) is 11.7 Å². The van der Waals surface area contributed by atoms with Gasteiger partial charge in [0.05, 0.1) is 6.42 Å². The van der Waals surface area contributed by atoms with Crippen molar-refractivity contribution < 1.29 is 19.4 Å². The van der Waals surface area contributed by atoms with Gasteiger partial charge in [-0.05, 0) is 30.0 Å². The highest BCUT2D eigenvalue weighted by Crippen LogP contribution is 2.33. The standard InChI is InChI=1S/C13H17NO4/c1-8(10(14)6-13(15)16)4-9-2-3-11-12(5-9)18-7-17-11/h2-3,5,8,10H,4,6-7,14H2,1H3,(H,15,16). The molecule has 0 spiro atoms. The third-order valence-electron chi connectivity index (χ3n) is 3.14. The molecule has 5 nitrogen and oxygen atoms in total. The Morgan fingerprint density at radius 3 is 2.89 bits per heavy atom. The van der Waals surface area contributed by atoms with Crippen LogP contribution >= 0.6 is 0 Å². The first-order valence-corrected chi connectivity index (χ1v) is 5.92. The molecule has 18 heavy (non-hydrogen) atoms. The molecule has 0 aliphatic carbocycles. The third-order valence-corrected chi connectivity index (χ3v) is 3.14. The Kier molecular flexibility index (Phi) is 3.72. The lowest BCUT2D eigenvalue weighted by Gasteiger charge is -2.18. The summed E-state index contributed by atoms with van der Waals surface area (Å²) in [5.41, 5.74) is 6.92. The van der Waals surface area contributed by atoms with Gasteiger partial charge in [-0.1, -0.05) is 13.0 Å². The van der Waals surface area contributed by atoms with Crippen molar-refractivity contribution in [3.05, 3.63) is 23.8 Å². The van der Waals surface area contributed by atoms with Crippen LogP contribution in [0, 0.1) is 5.92 Å². The molecular weight excluding hydrogens is 234 g/mol. The minimum Gasteiger partial charge on any atom is -0.481 e. The molecule has 5 heteroatoms. The molecule has 2 rings (SSSR count). The summed E-state index contributed by atoms with van der Waals surface area (Å²) in [5, 5.41) is 8.71. The van der Waals surface area contributed by atoms with Crippen molar-refractivity contribution in [1.82, 2.24) is 0 Å². The van der Waals surface area contributed by atoms with Crippen molar-refractivity contribution in [3.8, 4) is 11.5 Å². The molecule has 2 unspecified atom stereocenters. The zero-order valence-electron chi connectivity index (χ0n) is 10.3. The van der Waals surface area contributed by atoms with Crippen molar-refractivity contribution in [3.63, 3.8) is 0 Å². The Balaban J connectivity index is 1.98. The summed E-state index contributed by atoms with van der Waals surface area (Å²) >= 11 is 0. The highest BCUT2D eigenvalue weighted by atomic mass is 16.7. The van der Waals surface area contributed by atoms with Gasteiger partial charge in [-0.25, -0.2) is 0 Å². The average molecular weight is 251 g/mol. The fourth-order valence-electron chi connectivity index (χ4n) is 1.99. The Hall–Kier alpha value is -1.75. The summed E-state index contributed by atoms with van der Waals surface area (Å²) in [4.78, 5) is 10.6. The first kappa shape index (κ1) is 12.7. The molecule has 1 aromatic rings. The van der Waals surface area contributed by atoms with Crippen LogP contribution in [0.25, 0.3) is 0 Å². The zero-order valence-corrected chi connectivity index (χ0v) is 10.3. The van der Waals surface area contributed by atoms with Crippen LogP contribution in [0.4, 0.5) is 0 Å². The van der Waals surface area contributed by atoms with E-state index >= 15 is 0 Å². The molecule has 1 aromatic carbocycles. The quantitative estimate of drug-likeness (QED) is 0.826. The predicted molar refractivity (Wildman–Crippen MR) is 65.7 cm³/mol. The third kappa shape index (κ3) is 2.92. The number of hydrogen-bond donors (Lipinski definition) is 2. The number of benzene rings is 1. The Labute approximate surface area is 106 Å². The smallest absolute Gasteiger partial charge is 0.304 e. The molecule has 0 saturated carbocycles. The molecule has 0 bridgehead atoms. The summed E-state index contributed by atoms with van der Waals surface area (Å²) in [6.07, 6.45) is 0.719. The molecule has 1 heterocycles. The molecule has 0 amide bonds. The molecule has 0 saturated heterocycles. The van der Waals surface area contributed by atoms with E-state index in [9.17, 15) is 4.79 Å². The number of hydrogen-bond acceptors (Lipinski definition) is 4. The fourth-order valence-corrected chi connectivity index (χ4v) is 1.99. The number of aliphatic carboxylic acids is 1. The van der Waals surface area contributed by atoms with Crippen molar-refractivity contribution in [2.45, 2.75) is 25.8 Å². The van der Waals surface area contributed by atoms with Gasteiger partial charge < -0.3 is 20.3 Å². The second kappa shape index (κ2) is 5.27. The Morgan fingerprint density at radius 2 is 2.17 bits per heavy atom. The molecule has 0 aromatic heterocycles. The van der Waals surface area contributed by atoms with Crippen LogP contribution in [-0.2, 0) is 11.2 Å². The van der Waals surface area contributed by atoms with Gasteiger partial charge in [0.15, 0.2) is 11.5 Å². The van der Waals surface area contributed by atoms with E-state index in [2.05, 4.69) is 0 Å². The molecule has 0 radical (unpaired) electrons. The number of carboxylic acid groups (broad SMARTS) is 1. The van der Waals surface area contributed by atoms with E-state index in [0.717, 1.165) is 23.5 Å². The number of nitrogens with two attached hydrogens (primary N) is 1. The van der Waals surface area contributed by atoms with Gasteiger partial charge in [-0.15, -0.1) is 0 Å². The van der Waals surface area contributed by atoms with E-state index < -0.39 is 5.97 Å². The van der Waals surface area contributed by atoms with Crippen LogP contribution in [-0.4, -0.2) is 23.9 Å². The predicted octanol–water partition coefficient (Wildman–Crippen LogP) is 1.40. The van der Waals surface area contributed by atoms with E-state index in [4.69, 9.17) is 20.3 Å². The average Bonchev–Trinajstić information content (AvgIpc) is 2.75. The van der Waals surface area contributed by atoms with Gasteiger partial charge in [-0.2, -0.15) is 0 Å². The summed E-state index contributed by atoms with van der Waals surface area (Å²) in [7, 11) is 0. The number of rotatable bonds is 5. The van der Waals surface area contributed by atoms with Gasteiger partial charge >= 0.3 is 5.97 Å². The van der Waals surface area contributed by atoms with Crippen LogP contribution < -0.4 is 15.2 Å². The highest BCUT2D eigenvalue weighted by Gasteiger charge is 2.18. The SMILES string of the molecule is CC(Cc1ccc2c(c1)OCO2)C(N)CC(=O)O. The van der Waals surface area contributed by atoms with Gasteiger partial charge in [0.1, 0.15) is 0 Å². The largest absolute Gasteiger partial charge is 0.481 e. The molecule has 1 aliphatic heterocycles. The lowest BCUT2D eigenvalue weighted by molar-refractivity contribution is -0.137. The summed E-state index contributed by atoms with van der Waals surface area (Å²) in [6.45, 7) is 2.21. The van der Waals surface area contributed by atoms with Crippen molar-refractivity contribution >= 4 is 5.97 Å². The van der Waals surface area contributed by atoms with E-state index in [0.29, 0.717) is 0 Å². The first-order chi connectivity index (χ1) is 8.56. The van der Waals surface area contributed by atoms with Gasteiger partial charge in [0.2, 0.25) is 6.79 Å². The Bertz CT molecular complexity index is 447.